The van der Waals surface area contributed by atoms with Crippen molar-refractivity contribution in [2.75, 3.05) is 27.2 Å². The summed E-state index contributed by atoms with van der Waals surface area (Å²) < 4.78 is 11.4. The lowest BCUT2D eigenvalue weighted by Gasteiger charge is -2.56. The first-order chi connectivity index (χ1) is 18.7. The highest BCUT2D eigenvalue weighted by atomic mass is 16.5. The Bertz CT molecular complexity index is 1400. The van der Waals surface area contributed by atoms with Gasteiger partial charge < -0.3 is 19.3 Å². The maximum Gasteiger partial charge on any atom is 0.308 e. The molecule has 0 N–H and O–H groups in total. The van der Waals surface area contributed by atoms with E-state index in [0.717, 1.165) is 42.3 Å². The Morgan fingerprint density at radius 3 is 2.46 bits per heavy atom. The Morgan fingerprint density at radius 2 is 1.72 bits per heavy atom. The quantitative estimate of drug-likeness (QED) is 0.349. The number of amides is 1. The topological polar surface area (TPSA) is 76.2 Å². The van der Waals surface area contributed by atoms with Gasteiger partial charge in [-0.05, 0) is 67.0 Å². The van der Waals surface area contributed by atoms with E-state index in [9.17, 15) is 14.4 Å². The first kappa shape index (κ1) is 26.9. The Labute approximate surface area is 229 Å². The molecule has 7 heteroatoms. The first-order valence-corrected chi connectivity index (χ1v) is 13.6. The molecule has 3 aromatic carbocycles. The summed E-state index contributed by atoms with van der Waals surface area (Å²) in [6.07, 6.45) is 1.78. The van der Waals surface area contributed by atoms with Crippen LogP contribution < -0.4 is 4.74 Å². The molecule has 4 atom stereocenters. The van der Waals surface area contributed by atoms with Gasteiger partial charge in [0.2, 0.25) is 0 Å². The van der Waals surface area contributed by atoms with E-state index in [1.54, 1.807) is 6.07 Å². The molecule has 1 heterocycles. The van der Waals surface area contributed by atoms with E-state index < -0.39 is 0 Å². The van der Waals surface area contributed by atoms with Crippen molar-refractivity contribution in [1.82, 2.24) is 9.80 Å². The van der Waals surface area contributed by atoms with Crippen molar-refractivity contribution >= 4 is 28.6 Å². The number of fused-ring (bicyclic) bond motifs is 2. The number of nitrogens with zero attached hydrogens (tertiary/aromatic N) is 2. The summed E-state index contributed by atoms with van der Waals surface area (Å²) in [5, 5.41) is 2.11. The lowest BCUT2D eigenvalue weighted by Crippen LogP contribution is -2.61. The summed E-state index contributed by atoms with van der Waals surface area (Å²) in [6.45, 7) is 4.48. The second kappa shape index (κ2) is 10.8. The molecule has 2 aliphatic rings. The average molecular weight is 529 g/mol. The molecule has 1 amide bonds. The van der Waals surface area contributed by atoms with E-state index in [1.807, 2.05) is 66.5 Å². The standard InChI is InChI=1S/C32H36N2O5/c1-21(35)38-28-11-7-10-26(17-28)32-14-15-33(3)20-29(32)30(39-22(2)36)18-27(19-32)34(4)31(37)25-13-12-23-8-5-6-9-24(23)16-25/h5-13,16-17,27,29-30H,14-15,18-20H2,1-4H3. The van der Waals surface area contributed by atoms with Gasteiger partial charge in [-0.2, -0.15) is 0 Å². The highest BCUT2D eigenvalue weighted by Gasteiger charge is 2.54. The summed E-state index contributed by atoms with van der Waals surface area (Å²) in [4.78, 5) is 41.9. The van der Waals surface area contributed by atoms with E-state index in [2.05, 4.69) is 18.0 Å². The van der Waals surface area contributed by atoms with Gasteiger partial charge in [-0.1, -0.05) is 42.5 Å². The van der Waals surface area contributed by atoms with Crippen LogP contribution in [0.15, 0.2) is 66.7 Å². The monoisotopic (exact) mass is 528 g/mol. The fourth-order valence-corrected chi connectivity index (χ4v) is 6.68. The Hall–Kier alpha value is -3.71. The van der Waals surface area contributed by atoms with Crippen LogP contribution in [-0.2, 0) is 19.7 Å². The van der Waals surface area contributed by atoms with Gasteiger partial charge in [0, 0.05) is 56.8 Å². The second-order valence-electron chi connectivity index (χ2n) is 11.1. The number of carbonyl (C=O) groups is 3. The second-order valence-corrected chi connectivity index (χ2v) is 11.1. The molecule has 0 aromatic heterocycles. The van der Waals surface area contributed by atoms with E-state index in [0.29, 0.717) is 17.7 Å². The van der Waals surface area contributed by atoms with Gasteiger partial charge in [-0.15, -0.1) is 0 Å². The predicted octanol–water partition coefficient (Wildman–Crippen LogP) is 4.82. The van der Waals surface area contributed by atoms with Gasteiger partial charge in [-0.3, -0.25) is 14.4 Å². The molecule has 1 saturated heterocycles. The fraction of sp³-hybridized carbons (Fsp3) is 0.406. The smallest absolute Gasteiger partial charge is 0.308 e. The third kappa shape index (κ3) is 5.41. The van der Waals surface area contributed by atoms with Crippen molar-refractivity contribution < 1.29 is 23.9 Å². The molecule has 7 nitrogen and oxygen atoms in total. The third-order valence-corrected chi connectivity index (χ3v) is 8.56. The van der Waals surface area contributed by atoms with Crippen LogP contribution in [0.1, 0.15) is 49.0 Å². The molecule has 0 spiro atoms. The molecule has 0 bridgehead atoms. The zero-order valence-electron chi connectivity index (χ0n) is 23.1. The largest absolute Gasteiger partial charge is 0.462 e. The van der Waals surface area contributed by atoms with Crippen molar-refractivity contribution in [2.24, 2.45) is 5.92 Å². The number of rotatable bonds is 5. The molecule has 1 aliphatic carbocycles. The van der Waals surface area contributed by atoms with Gasteiger partial charge in [0.25, 0.3) is 5.91 Å². The normalized spacial score (nSPS) is 25.0. The van der Waals surface area contributed by atoms with Gasteiger partial charge in [-0.25, -0.2) is 0 Å². The minimum Gasteiger partial charge on any atom is -0.462 e. The van der Waals surface area contributed by atoms with Crippen molar-refractivity contribution in [3.63, 3.8) is 0 Å². The zero-order chi connectivity index (χ0) is 27.7. The molecule has 4 unspecified atom stereocenters. The Morgan fingerprint density at radius 1 is 0.949 bits per heavy atom. The van der Waals surface area contributed by atoms with Crippen LogP contribution in [0.3, 0.4) is 0 Å². The number of hydrogen-bond donors (Lipinski definition) is 0. The van der Waals surface area contributed by atoms with Crippen LogP contribution in [0.5, 0.6) is 5.75 Å². The van der Waals surface area contributed by atoms with E-state index >= 15 is 0 Å². The van der Waals surface area contributed by atoms with Gasteiger partial charge in [0.1, 0.15) is 11.9 Å². The first-order valence-electron chi connectivity index (χ1n) is 13.6. The number of benzene rings is 3. The van der Waals surface area contributed by atoms with Crippen LogP contribution in [0.2, 0.25) is 0 Å². The molecule has 39 heavy (non-hydrogen) atoms. The highest BCUT2D eigenvalue weighted by Crippen LogP contribution is 2.51. The maximum absolute atomic E-state index is 13.8. The van der Waals surface area contributed by atoms with E-state index in [4.69, 9.17) is 9.47 Å². The van der Waals surface area contributed by atoms with Crippen molar-refractivity contribution in [2.45, 2.75) is 50.7 Å². The lowest BCUT2D eigenvalue weighted by atomic mass is 9.56. The molecule has 0 radical (unpaired) electrons. The summed E-state index contributed by atoms with van der Waals surface area (Å²) >= 11 is 0. The fourth-order valence-electron chi connectivity index (χ4n) is 6.68. The van der Waals surface area contributed by atoms with Gasteiger partial charge >= 0.3 is 11.9 Å². The van der Waals surface area contributed by atoms with E-state index in [1.165, 1.54) is 13.8 Å². The average Bonchev–Trinajstić information content (AvgIpc) is 2.91. The van der Waals surface area contributed by atoms with Crippen LogP contribution >= 0.6 is 0 Å². The van der Waals surface area contributed by atoms with Crippen molar-refractivity contribution in [3.8, 4) is 5.75 Å². The maximum atomic E-state index is 13.8. The van der Waals surface area contributed by atoms with Crippen LogP contribution in [0.4, 0.5) is 0 Å². The number of likely N-dealkylation sites (tertiary alicyclic amines) is 1. The number of carbonyl (C=O) groups excluding carboxylic acids is 3. The van der Waals surface area contributed by atoms with Crippen LogP contribution in [0, 0.1) is 5.92 Å². The van der Waals surface area contributed by atoms with Crippen LogP contribution in [-0.4, -0.2) is 67.0 Å². The SMILES string of the molecule is CC(=O)Oc1cccc(C23CCN(C)CC2C(OC(C)=O)CC(N(C)C(=O)c2ccc4ccccc4c2)C3)c1. The summed E-state index contributed by atoms with van der Waals surface area (Å²) in [5.41, 5.74) is 1.33. The number of ether oxygens (including phenoxy) is 2. The van der Waals surface area contributed by atoms with Crippen molar-refractivity contribution in [3.05, 3.63) is 77.9 Å². The third-order valence-electron chi connectivity index (χ3n) is 8.56. The number of hydrogen-bond acceptors (Lipinski definition) is 6. The molecule has 1 aliphatic heterocycles. The zero-order valence-corrected chi connectivity index (χ0v) is 23.1. The summed E-state index contributed by atoms with van der Waals surface area (Å²) in [5.74, 6) is -0.209. The number of esters is 2. The number of piperidine rings is 1. The highest BCUT2D eigenvalue weighted by molar-refractivity contribution is 5.98. The molecular weight excluding hydrogens is 492 g/mol. The minimum atomic E-state index is -0.371. The Kier molecular flexibility index (Phi) is 7.45. The molecule has 5 rings (SSSR count). The molecule has 3 aromatic rings. The van der Waals surface area contributed by atoms with Gasteiger partial charge in [0.15, 0.2) is 0 Å². The molecule has 204 valence electrons. The summed E-state index contributed by atoms with van der Waals surface area (Å²) in [6, 6.07) is 21.4. The lowest BCUT2D eigenvalue weighted by molar-refractivity contribution is -0.158. The molecular formula is C32H36N2O5. The van der Waals surface area contributed by atoms with Crippen molar-refractivity contribution in [1.29, 1.82) is 0 Å². The van der Waals surface area contributed by atoms with Gasteiger partial charge in [0.05, 0.1) is 0 Å². The molecule has 2 fully saturated rings. The Balaban J connectivity index is 1.53. The van der Waals surface area contributed by atoms with E-state index in [-0.39, 0.29) is 41.3 Å². The van der Waals surface area contributed by atoms with Crippen LogP contribution in [0.25, 0.3) is 10.8 Å². The summed E-state index contributed by atoms with van der Waals surface area (Å²) in [7, 11) is 3.94. The molecule has 1 saturated carbocycles. The minimum absolute atomic E-state index is 0.0353. The predicted molar refractivity (Wildman–Crippen MR) is 150 cm³/mol.